The number of hydrogen-bond acceptors (Lipinski definition) is 5. The molecule has 0 radical (unpaired) electrons. The molecule has 0 saturated heterocycles. The van der Waals surface area contributed by atoms with Crippen molar-refractivity contribution in [3.63, 3.8) is 0 Å². The van der Waals surface area contributed by atoms with Crippen LogP contribution in [0.5, 0.6) is 11.5 Å². The summed E-state index contributed by atoms with van der Waals surface area (Å²) in [7, 11) is 0. The van der Waals surface area contributed by atoms with Crippen molar-refractivity contribution >= 4 is 45.3 Å². The number of aromatic nitrogens is 4. The molecule has 0 saturated carbocycles. The summed E-state index contributed by atoms with van der Waals surface area (Å²) in [5.41, 5.74) is 7.98. The average molecular weight is 627 g/mol. The first-order valence-corrected chi connectivity index (χ1v) is 17.4. The SMILES string of the molecule is CSc1cc(C)cc(SC)c1-c1cnn(-c2cccc(Oc3ccc4c5ccccc5n(-c5cc(C(C)C)ccn5)c4c3)c2)c1. The Morgan fingerprint density at radius 1 is 0.756 bits per heavy atom. The fourth-order valence-electron chi connectivity index (χ4n) is 5.92. The summed E-state index contributed by atoms with van der Waals surface area (Å²) in [6.45, 7) is 6.57. The van der Waals surface area contributed by atoms with E-state index in [1.54, 1.807) is 23.5 Å². The van der Waals surface area contributed by atoms with Gasteiger partial charge in [-0.1, -0.05) is 38.1 Å². The minimum Gasteiger partial charge on any atom is -0.457 e. The number of aryl methyl sites for hydroxylation is 1. The van der Waals surface area contributed by atoms with Gasteiger partial charge in [0.1, 0.15) is 17.3 Å². The van der Waals surface area contributed by atoms with Crippen LogP contribution in [0.25, 0.3) is 44.4 Å². The monoisotopic (exact) mass is 626 g/mol. The molecule has 0 amide bonds. The van der Waals surface area contributed by atoms with Crippen molar-refractivity contribution in [3.05, 3.63) is 121 Å². The molecule has 7 rings (SSSR count). The lowest BCUT2D eigenvalue weighted by Gasteiger charge is -2.12. The van der Waals surface area contributed by atoms with E-state index in [0.717, 1.165) is 45.0 Å². The summed E-state index contributed by atoms with van der Waals surface area (Å²) in [4.78, 5) is 7.30. The van der Waals surface area contributed by atoms with Crippen molar-refractivity contribution in [2.24, 2.45) is 0 Å². The molecule has 0 spiro atoms. The highest BCUT2D eigenvalue weighted by atomic mass is 32.2. The van der Waals surface area contributed by atoms with Gasteiger partial charge in [0.05, 0.1) is 22.9 Å². The summed E-state index contributed by atoms with van der Waals surface area (Å²) in [6.07, 6.45) is 10.2. The number of rotatable bonds is 8. The molecule has 3 heterocycles. The van der Waals surface area contributed by atoms with Crippen LogP contribution in [-0.2, 0) is 0 Å². The highest BCUT2D eigenvalue weighted by Crippen LogP contribution is 2.39. The second-order valence-corrected chi connectivity index (χ2v) is 13.1. The smallest absolute Gasteiger partial charge is 0.137 e. The molecule has 45 heavy (non-hydrogen) atoms. The minimum absolute atomic E-state index is 0.411. The molecule has 0 bridgehead atoms. The third-order valence-corrected chi connectivity index (χ3v) is 9.67. The Hall–Kier alpha value is -4.46. The van der Waals surface area contributed by atoms with Crippen molar-refractivity contribution in [2.75, 3.05) is 12.5 Å². The summed E-state index contributed by atoms with van der Waals surface area (Å²) in [6, 6.07) is 31.7. The van der Waals surface area contributed by atoms with Crippen LogP contribution in [-0.4, -0.2) is 31.8 Å². The first-order chi connectivity index (χ1) is 21.9. The van der Waals surface area contributed by atoms with Gasteiger partial charge in [-0.2, -0.15) is 5.10 Å². The fraction of sp³-hybridized carbons (Fsp3) is 0.158. The largest absolute Gasteiger partial charge is 0.457 e. The van der Waals surface area contributed by atoms with Gasteiger partial charge in [-0.25, -0.2) is 9.67 Å². The predicted octanol–water partition coefficient (Wildman–Crippen LogP) is 10.7. The summed E-state index contributed by atoms with van der Waals surface area (Å²) < 4.78 is 10.7. The van der Waals surface area contributed by atoms with Crippen molar-refractivity contribution < 1.29 is 4.74 Å². The topological polar surface area (TPSA) is 44.9 Å². The van der Waals surface area contributed by atoms with Gasteiger partial charge in [0.25, 0.3) is 0 Å². The van der Waals surface area contributed by atoms with Crippen LogP contribution < -0.4 is 4.74 Å². The first kappa shape index (κ1) is 29.3. The molecular weight excluding hydrogens is 593 g/mol. The van der Waals surface area contributed by atoms with E-state index in [2.05, 4.69) is 111 Å². The van der Waals surface area contributed by atoms with Crippen molar-refractivity contribution in [3.8, 4) is 34.1 Å². The van der Waals surface area contributed by atoms with Gasteiger partial charge in [-0.3, -0.25) is 4.57 Å². The lowest BCUT2D eigenvalue weighted by atomic mass is 10.1. The van der Waals surface area contributed by atoms with E-state index in [-0.39, 0.29) is 0 Å². The number of ether oxygens (including phenoxy) is 1. The van der Waals surface area contributed by atoms with Crippen molar-refractivity contribution in [2.45, 2.75) is 36.5 Å². The summed E-state index contributed by atoms with van der Waals surface area (Å²) >= 11 is 3.54. The summed E-state index contributed by atoms with van der Waals surface area (Å²) in [5.74, 6) is 2.83. The molecule has 0 atom stereocenters. The Balaban J connectivity index is 1.25. The van der Waals surface area contributed by atoms with Gasteiger partial charge in [0.2, 0.25) is 0 Å². The molecule has 7 heteroatoms. The fourth-order valence-corrected chi connectivity index (χ4v) is 7.46. The molecule has 4 aromatic carbocycles. The van der Waals surface area contributed by atoms with E-state index in [0.29, 0.717) is 5.92 Å². The third-order valence-electron chi connectivity index (χ3n) is 8.15. The normalized spacial score (nSPS) is 11.6. The van der Waals surface area contributed by atoms with Crippen LogP contribution in [0.15, 0.2) is 119 Å². The van der Waals surface area contributed by atoms with Gasteiger partial charge < -0.3 is 4.74 Å². The highest BCUT2D eigenvalue weighted by Gasteiger charge is 2.16. The number of fused-ring (bicyclic) bond motifs is 3. The number of benzene rings is 4. The zero-order chi connectivity index (χ0) is 31.1. The maximum atomic E-state index is 6.49. The van der Waals surface area contributed by atoms with Gasteiger partial charge in [0.15, 0.2) is 0 Å². The minimum atomic E-state index is 0.411. The van der Waals surface area contributed by atoms with Crippen LogP contribution >= 0.6 is 23.5 Å². The second kappa shape index (κ2) is 12.1. The van der Waals surface area contributed by atoms with Gasteiger partial charge in [-0.05, 0) is 91.1 Å². The lowest BCUT2D eigenvalue weighted by molar-refractivity contribution is 0.483. The number of pyridine rings is 1. The van der Waals surface area contributed by atoms with E-state index in [9.17, 15) is 0 Å². The first-order valence-electron chi connectivity index (χ1n) is 15.0. The Morgan fingerprint density at radius 3 is 2.29 bits per heavy atom. The molecule has 0 unspecified atom stereocenters. The second-order valence-electron chi connectivity index (χ2n) is 11.5. The van der Waals surface area contributed by atoms with E-state index >= 15 is 0 Å². The molecular formula is C38H34N4OS2. The van der Waals surface area contributed by atoms with Crippen LogP contribution in [0.4, 0.5) is 0 Å². The Kier molecular flexibility index (Phi) is 7.90. The maximum absolute atomic E-state index is 6.49. The summed E-state index contributed by atoms with van der Waals surface area (Å²) in [5, 5.41) is 7.10. The van der Waals surface area contributed by atoms with Crippen molar-refractivity contribution in [1.29, 1.82) is 0 Å². The van der Waals surface area contributed by atoms with Crippen molar-refractivity contribution in [1.82, 2.24) is 19.3 Å². The molecule has 7 aromatic rings. The standard InChI is InChI=1S/C38H34N4OS2/c1-24(2)26-15-16-39-37(19-26)42-33-12-7-6-11-31(33)32-14-13-30(21-34(32)42)43-29-10-8-9-28(20-29)41-23-27(22-40-41)38-35(44-4)17-25(3)18-36(38)45-5/h6-24H,1-5H3. The van der Waals surface area contributed by atoms with Gasteiger partial charge in [0, 0.05) is 56.2 Å². The van der Waals surface area contributed by atoms with Gasteiger partial charge >= 0.3 is 0 Å². The third kappa shape index (κ3) is 5.51. The highest BCUT2D eigenvalue weighted by molar-refractivity contribution is 7.99. The van der Waals surface area contributed by atoms with Gasteiger partial charge in [-0.15, -0.1) is 23.5 Å². The van der Waals surface area contributed by atoms with E-state index in [4.69, 9.17) is 14.8 Å². The number of nitrogens with zero attached hydrogens (tertiary/aromatic N) is 4. The Bertz CT molecular complexity index is 2150. The Labute approximate surface area is 272 Å². The molecule has 5 nitrogen and oxygen atoms in total. The van der Waals surface area contributed by atoms with Crippen LogP contribution in [0.2, 0.25) is 0 Å². The molecule has 0 aliphatic rings. The van der Waals surface area contributed by atoms with E-state index in [1.807, 2.05) is 41.3 Å². The lowest BCUT2D eigenvalue weighted by Crippen LogP contribution is -1.99. The van der Waals surface area contributed by atoms with Crippen LogP contribution in [0.3, 0.4) is 0 Å². The predicted molar refractivity (Wildman–Crippen MR) is 190 cm³/mol. The number of hydrogen-bond donors (Lipinski definition) is 0. The number of thioether (sulfide) groups is 2. The van der Waals surface area contributed by atoms with E-state index in [1.165, 1.54) is 31.9 Å². The molecule has 0 fully saturated rings. The molecule has 0 aliphatic carbocycles. The molecule has 0 N–H and O–H groups in total. The molecule has 0 aliphatic heterocycles. The quantitative estimate of drug-likeness (QED) is 0.157. The molecule has 3 aromatic heterocycles. The zero-order valence-electron chi connectivity index (χ0n) is 26.0. The zero-order valence-corrected chi connectivity index (χ0v) is 27.6. The number of para-hydroxylation sites is 1. The average Bonchev–Trinajstić information content (AvgIpc) is 3.67. The van der Waals surface area contributed by atoms with Crippen LogP contribution in [0, 0.1) is 6.92 Å². The van der Waals surface area contributed by atoms with E-state index < -0.39 is 0 Å². The van der Waals surface area contributed by atoms with Crippen LogP contribution in [0.1, 0.15) is 30.9 Å². The maximum Gasteiger partial charge on any atom is 0.137 e. The molecule has 224 valence electrons. The Morgan fingerprint density at radius 2 is 1.51 bits per heavy atom.